The van der Waals surface area contributed by atoms with Gasteiger partial charge in [0.1, 0.15) is 17.4 Å². The van der Waals surface area contributed by atoms with E-state index in [1.54, 1.807) is 25.1 Å². The van der Waals surface area contributed by atoms with Gasteiger partial charge in [0.05, 0.1) is 17.7 Å². The van der Waals surface area contributed by atoms with Crippen molar-refractivity contribution in [2.45, 2.75) is 6.92 Å². The third kappa shape index (κ3) is 2.78. The maximum Gasteiger partial charge on any atom is 0.199 e. The number of benzene rings is 2. The molecule has 98 valence electrons. The highest BCUT2D eigenvalue weighted by Gasteiger charge is 2.18. The molecule has 4 heteroatoms. The molecule has 0 spiro atoms. The van der Waals surface area contributed by atoms with Gasteiger partial charge >= 0.3 is 0 Å². The normalized spacial score (nSPS) is 10.3. The Labute approximate surface area is 109 Å². The van der Waals surface area contributed by atoms with E-state index in [0.717, 1.165) is 18.2 Å². The Balaban J connectivity index is 2.47. The summed E-state index contributed by atoms with van der Waals surface area (Å²) in [4.78, 5) is 12.2. The molecule has 0 saturated heterocycles. The van der Waals surface area contributed by atoms with Crippen molar-refractivity contribution in [2.24, 2.45) is 0 Å². The number of ketones is 1. The fourth-order valence-corrected chi connectivity index (χ4v) is 1.75. The van der Waals surface area contributed by atoms with Gasteiger partial charge in [0.15, 0.2) is 5.78 Å². The minimum atomic E-state index is -0.752. The lowest BCUT2D eigenvalue weighted by molar-refractivity contribution is 0.103. The first-order valence-electron chi connectivity index (χ1n) is 5.85. The van der Waals surface area contributed by atoms with Gasteiger partial charge in [-0.05, 0) is 37.3 Å². The predicted molar refractivity (Wildman–Crippen MR) is 67.4 cm³/mol. The number of ether oxygens (including phenoxy) is 1. The smallest absolute Gasteiger partial charge is 0.199 e. The van der Waals surface area contributed by atoms with Crippen LogP contribution in [0.25, 0.3) is 0 Å². The largest absolute Gasteiger partial charge is 0.493 e. The molecule has 0 aromatic heterocycles. The molecule has 0 aliphatic rings. The quantitative estimate of drug-likeness (QED) is 0.787. The molecule has 2 aromatic rings. The van der Waals surface area contributed by atoms with Crippen LogP contribution in [0.15, 0.2) is 42.5 Å². The zero-order valence-electron chi connectivity index (χ0n) is 10.3. The molecule has 0 heterocycles. The lowest BCUT2D eigenvalue weighted by Crippen LogP contribution is -2.07. The minimum Gasteiger partial charge on any atom is -0.493 e. The van der Waals surface area contributed by atoms with Gasteiger partial charge in [-0.3, -0.25) is 4.79 Å². The number of carbonyl (C=O) groups is 1. The molecule has 0 atom stereocenters. The summed E-state index contributed by atoms with van der Waals surface area (Å²) in [7, 11) is 0. The molecule has 0 amide bonds. The fourth-order valence-electron chi connectivity index (χ4n) is 1.75. The second-order valence-electron chi connectivity index (χ2n) is 3.88. The van der Waals surface area contributed by atoms with Crippen molar-refractivity contribution in [3.8, 4) is 5.75 Å². The standard InChI is InChI=1S/C15H12F2O2/c1-2-19-14-6-4-3-5-11(14)15(18)12-9-10(16)7-8-13(12)17/h3-9H,2H2,1H3. The van der Waals surface area contributed by atoms with Crippen molar-refractivity contribution >= 4 is 5.78 Å². The lowest BCUT2D eigenvalue weighted by atomic mass is 10.0. The molecule has 0 N–H and O–H groups in total. The molecule has 19 heavy (non-hydrogen) atoms. The SMILES string of the molecule is CCOc1ccccc1C(=O)c1cc(F)ccc1F. The third-order valence-corrected chi connectivity index (χ3v) is 2.60. The summed E-state index contributed by atoms with van der Waals surface area (Å²) < 4.78 is 32.0. The Hall–Kier alpha value is -2.23. The molecule has 0 radical (unpaired) electrons. The molecule has 0 saturated carbocycles. The highest BCUT2D eigenvalue weighted by molar-refractivity contribution is 6.10. The van der Waals surface area contributed by atoms with E-state index in [1.807, 2.05) is 0 Å². The number of para-hydroxylation sites is 1. The summed E-state index contributed by atoms with van der Waals surface area (Å²) in [6.07, 6.45) is 0. The summed E-state index contributed by atoms with van der Waals surface area (Å²) >= 11 is 0. The zero-order valence-corrected chi connectivity index (χ0v) is 10.3. The van der Waals surface area contributed by atoms with Crippen LogP contribution in [0.2, 0.25) is 0 Å². The van der Waals surface area contributed by atoms with Gasteiger partial charge in [-0.15, -0.1) is 0 Å². The van der Waals surface area contributed by atoms with Crippen molar-refractivity contribution in [3.63, 3.8) is 0 Å². The van der Waals surface area contributed by atoms with E-state index < -0.39 is 17.4 Å². The van der Waals surface area contributed by atoms with Crippen LogP contribution in [-0.4, -0.2) is 12.4 Å². The summed E-state index contributed by atoms with van der Waals surface area (Å²) in [5.41, 5.74) is -0.0824. The molecule has 2 nitrogen and oxygen atoms in total. The van der Waals surface area contributed by atoms with Gasteiger partial charge in [-0.25, -0.2) is 8.78 Å². The van der Waals surface area contributed by atoms with Crippen molar-refractivity contribution in [1.29, 1.82) is 0 Å². The molecular formula is C15H12F2O2. The first-order chi connectivity index (χ1) is 9.13. The highest BCUT2D eigenvalue weighted by atomic mass is 19.1. The minimum absolute atomic E-state index is 0.217. The predicted octanol–water partition coefficient (Wildman–Crippen LogP) is 3.59. The zero-order chi connectivity index (χ0) is 13.8. The van der Waals surface area contributed by atoms with Crippen LogP contribution in [0.5, 0.6) is 5.75 Å². The van der Waals surface area contributed by atoms with E-state index in [4.69, 9.17) is 4.74 Å². The maximum absolute atomic E-state index is 13.6. The van der Waals surface area contributed by atoms with E-state index in [1.165, 1.54) is 6.07 Å². The van der Waals surface area contributed by atoms with E-state index >= 15 is 0 Å². The Morgan fingerprint density at radius 3 is 2.58 bits per heavy atom. The van der Waals surface area contributed by atoms with Gasteiger partial charge < -0.3 is 4.74 Å². The molecular weight excluding hydrogens is 250 g/mol. The highest BCUT2D eigenvalue weighted by Crippen LogP contribution is 2.23. The van der Waals surface area contributed by atoms with Crippen molar-refractivity contribution < 1.29 is 18.3 Å². The van der Waals surface area contributed by atoms with Crippen LogP contribution < -0.4 is 4.74 Å². The van der Waals surface area contributed by atoms with E-state index in [9.17, 15) is 13.6 Å². The van der Waals surface area contributed by atoms with Crippen LogP contribution >= 0.6 is 0 Å². The van der Waals surface area contributed by atoms with Gasteiger partial charge in [0.2, 0.25) is 0 Å². The van der Waals surface area contributed by atoms with E-state index in [0.29, 0.717) is 12.4 Å². The molecule has 0 bridgehead atoms. The fraction of sp³-hybridized carbons (Fsp3) is 0.133. The second kappa shape index (κ2) is 5.61. The summed E-state index contributed by atoms with van der Waals surface area (Å²) in [6.45, 7) is 2.17. The van der Waals surface area contributed by atoms with Crippen LogP contribution in [-0.2, 0) is 0 Å². The maximum atomic E-state index is 13.6. The van der Waals surface area contributed by atoms with Gasteiger partial charge in [-0.2, -0.15) is 0 Å². The molecule has 0 fully saturated rings. The number of carbonyl (C=O) groups excluding carboxylic acids is 1. The molecule has 0 aliphatic heterocycles. The lowest BCUT2D eigenvalue weighted by Gasteiger charge is -2.09. The number of hydrogen-bond donors (Lipinski definition) is 0. The van der Waals surface area contributed by atoms with Crippen LogP contribution in [0.1, 0.15) is 22.8 Å². The van der Waals surface area contributed by atoms with Gasteiger partial charge in [0.25, 0.3) is 0 Å². The summed E-state index contributed by atoms with van der Waals surface area (Å²) in [5, 5.41) is 0. The number of hydrogen-bond acceptors (Lipinski definition) is 2. The van der Waals surface area contributed by atoms with Crippen molar-refractivity contribution in [2.75, 3.05) is 6.61 Å². The van der Waals surface area contributed by atoms with Crippen LogP contribution in [0, 0.1) is 11.6 Å². The van der Waals surface area contributed by atoms with Crippen molar-refractivity contribution in [1.82, 2.24) is 0 Å². The molecule has 2 aromatic carbocycles. The van der Waals surface area contributed by atoms with E-state index in [-0.39, 0.29) is 11.1 Å². The monoisotopic (exact) mass is 262 g/mol. The molecule has 0 aliphatic carbocycles. The first kappa shape index (κ1) is 13.2. The van der Waals surface area contributed by atoms with Crippen LogP contribution in [0.4, 0.5) is 8.78 Å². The van der Waals surface area contributed by atoms with E-state index in [2.05, 4.69) is 0 Å². The summed E-state index contributed by atoms with van der Waals surface area (Å²) in [6, 6.07) is 9.30. The molecule has 2 rings (SSSR count). The average molecular weight is 262 g/mol. The van der Waals surface area contributed by atoms with Crippen molar-refractivity contribution in [3.05, 3.63) is 65.2 Å². The van der Waals surface area contributed by atoms with Crippen LogP contribution in [0.3, 0.4) is 0 Å². The Bertz CT molecular complexity index is 609. The Morgan fingerprint density at radius 1 is 1.11 bits per heavy atom. The number of halogens is 2. The Kier molecular flexibility index (Phi) is 3.90. The third-order valence-electron chi connectivity index (χ3n) is 2.60. The second-order valence-corrected chi connectivity index (χ2v) is 3.88. The first-order valence-corrected chi connectivity index (χ1v) is 5.85. The average Bonchev–Trinajstić information content (AvgIpc) is 2.42. The van der Waals surface area contributed by atoms with Gasteiger partial charge in [0, 0.05) is 0 Å². The summed E-state index contributed by atoms with van der Waals surface area (Å²) in [5.74, 6) is -1.64. The van der Waals surface area contributed by atoms with Gasteiger partial charge in [-0.1, -0.05) is 12.1 Å². The topological polar surface area (TPSA) is 26.3 Å². The molecule has 0 unspecified atom stereocenters. The Morgan fingerprint density at radius 2 is 1.84 bits per heavy atom. The number of rotatable bonds is 4.